The molecule has 8 nitrogen and oxygen atoms in total. The molecule has 4 N–H and O–H groups in total. The molecule has 0 saturated heterocycles. The molecule has 0 radical (unpaired) electrons. The third-order valence-electron chi connectivity index (χ3n) is 2.97. The van der Waals surface area contributed by atoms with E-state index in [1.807, 2.05) is 12.1 Å². The van der Waals surface area contributed by atoms with E-state index in [0.717, 1.165) is 28.1 Å². The fraction of sp³-hybridized carbons (Fsp3) is 0. The maximum atomic E-state index is 11.5. The number of nitrogens with two attached hydrogens (primary N) is 2. The van der Waals surface area contributed by atoms with Crippen LogP contribution in [0.25, 0.3) is 16.6 Å². The molecule has 2 heterocycles. The van der Waals surface area contributed by atoms with Crippen LogP contribution in [0.15, 0.2) is 47.6 Å². The summed E-state index contributed by atoms with van der Waals surface area (Å²) >= 11 is 0.977. The lowest BCUT2D eigenvalue weighted by Gasteiger charge is -2.04. The molecule has 1 amide bonds. The SMILES string of the molecule is NOOSc1ccc(-n2nc(C(N)=O)c3cnccc32)cc1. The molecule has 112 valence electrons. The second-order valence-corrected chi connectivity index (χ2v) is 5.03. The summed E-state index contributed by atoms with van der Waals surface area (Å²) in [7, 11) is 0. The molecule has 0 unspecified atom stereocenters. The first kappa shape index (κ1) is 14.5. The topological polar surface area (TPSA) is 118 Å². The molecule has 22 heavy (non-hydrogen) atoms. The lowest BCUT2D eigenvalue weighted by molar-refractivity contribution is -0.195. The third-order valence-corrected chi connectivity index (χ3v) is 3.58. The molecular formula is C13H11N5O3S. The number of fused-ring (bicyclic) bond motifs is 1. The Bertz CT molecular complexity index is 818. The highest BCUT2D eigenvalue weighted by atomic mass is 32.2. The van der Waals surface area contributed by atoms with Crippen molar-refractivity contribution < 1.29 is 14.1 Å². The summed E-state index contributed by atoms with van der Waals surface area (Å²) in [6, 6.07) is 9.01. The van der Waals surface area contributed by atoms with Crippen molar-refractivity contribution in [1.82, 2.24) is 14.8 Å². The maximum absolute atomic E-state index is 11.5. The van der Waals surface area contributed by atoms with Crippen LogP contribution in [0.4, 0.5) is 0 Å². The van der Waals surface area contributed by atoms with Crippen molar-refractivity contribution in [2.24, 2.45) is 11.6 Å². The van der Waals surface area contributed by atoms with Crippen LogP contribution >= 0.6 is 12.0 Å². The number of aromatic nitrogens is 3. The molecule has 3 rings (SSSR count). The molecule has 3 aromatic rings. The van der Waals surface area contributed by atoms with E-state index in [9.17, 15) is 4.79 Å². The Labute approximate surface area is 129 Å². The number of amides is 1. The number of pyridine rings is 1. The van der Waals surface area contributed by atoms with Crippen molar-refractivity contribution in [1.29, 1.82) is 0 Å². The van der Waals surface area contributed by atoms with E-state index in [1.54, 1.807) is 35.3 Å². The molecule has 0 aliphatic heterocycles. The molecule has 0 bridgehead atoms. The van der Waals surface area contributed by atoms with E-state index >= 15 is 0 Å². The van der Waals surface area contributed by atoms with Gasteiger partial charge in [0.05, 0.1) is 28.6 Å². The van der Waals surface area contributed by atoms with Gasteiger partial charge in [-0.25, -0.2) is 4.68 Å². The predicted molar refractivity (Wildman–Crippen MR) is 79.6 cm³/mol. The first-order chi connectivity index (χ1) is 10.7. The van der Waals surface area contributed by atoms with Gasteiger partial charge in [-0.3, -0.25) is 9.78 Å². The number of carbonyl (C=O) groups excluding carboxylic acids is 1. The van der Waals surface area contributed by atoms with Gasteiger partial charge in [-0.05, 0) is 30.3 Å². The molecule has 0 fully saturated rings. The first-order valence-electron chi connectivity index (χ1n) is 6.14. The Balaban J connectivity index is 2.04. The fourth-order valence-electron chi connectivity index (χ4n) is 2.04. The van der Waals surface area contributed by atoms with E-state index in [4.69, 9.17) is 11.6 Å². The second-order valence-electron chi connectivity index (χ2n) is 4.26. The minimum atomic E-state index is -0.600. The van der Waals surface area contributed by atoms with Gasteiger partial charge in [0.15, 0.2) is 5.69 Å². The first-order valence-corrected chi connectivity index (χ1v) is 6.88. The summed E-state index contributed by atoms with van der Waals surface area (Å²) in [6.07, 6.45) is 3.19. The van der Waals surface area contributed by atoms with Crippen LogP contribution in [0.1, 0.15) is 10.5 Å². The number of rotatable bonds is 5. The summed E-state index contributed by atoms with van der Waals surface area (Å²) in [5, 5.41) is 4.88. The number of hydrogen-bond donors (Lipinski definition) is 2. The van der Waals surface area contributed by atoms with Crippen molar-refractivity contribution in [3.8, 4) is 5.69 Å². The standard InChI is InChI=1S/C13H11N5O3S/c14-13(19)12-10-7-16-6-5-11(10)18(17-12)8-1-3-9(4-2-8)22-21-20-15/h1-7H,15H2,(H2,14,19). The normalized spacial score (nSPS) is 11.0. The van der Waals surface area contributed by atoms with Crippen LogP contribution in [0.3, 0.4) is 0 Å². The van der Waals surface area contributed by atoms with E-state index in [0.29, 0.717) is 5.39 Å². The summed E-state index contributed by atoms with van der Waals surface area (Å²) < 4.78 is 6.20. The van der Waals surface area contributed by atoms with E-state index in [-0.39, 0.29) is 5.69 Å². The number of hydrogen-bond acceptors (Lipinski definition) is 7. The van der Waals surface area contributed by atoms with E-state index in [1.165, 1.54) is 0 Å². The molecular weight excluding hydrogens is 306 g/mol. The third kappa shape index (κ3) is 2.65. The summed E-state index contributed by atoms with van der Waals surface area (Å²) in [5.41, 5.74) is 7.05. The number of carbonyl (C=O) groups is 1. The van der Waals surface area contributed by atoms with Gasteiger partial charge in [0.2, 0.25) is 0 Å². The van der Waals surface area contributed by atoms with Crippen LogP contribution in [-0.2, 0) is 9.32 Å². The van der Waals surface area contributed by atoms with Gasteiger partial charge in [-0.1, -0.05) is 0 Å². The highest BCUT2D eigenvalue weighted by Crippen LogP contribution is 2.24. The Kier molecular flexibility index (Phi) is 4.02. The Morgan fingerprint density at radius 2 is 2.00 bits per heavy atom. The average Bonchev–Trinajstić information content (AvgIpc) is 2.93. The van der Waals surface area contributed by atoms with Crippen LogP contribution in [0.5, 0.6) is 0 Å². The number of nitrogens with zero attached hydrogens (tertiary/aromatic N) is 3. The van der Waals surface area contributed by atoms with E-state index in [2.05, 4.69) is 19.4 Å². The molecule has 0 spiro atoms. The van der Waals surface area contributed by atoms with Crippen LogP contribution in [0, 0.1) is 0 Å². The molecule has 9 heteroatoms. The van der Waals surface area contributed by atoms with Crippen molar-refractivity contribution in [2.75, 3.05) is 0 Å². The number of primary amides is 1. The molecule has 0 aliphatic rings. The van der Waals surface area contributed by atoms with Gasteiger partial charge in [-0.15, -0.1) is 9.32 Å². The van der Waals surface area contributed by atoms with Crippen molar-refractivity contribution in [2.45, 2.75) is 4.90 Å². The van der Waals surface area contributed by atoms with Gasteiger partial charge in [0.25, 0.3) is 5.91 Å². The number of benzene rings is 1. The minimum Gasteiger partial charge on any atom is -0.364 e. The lowest BCUT2D eigenvalue weighted by Crippen LogP contribution is -2.12. The highest BCUT2D eigenvalue weighted by Gasteiger charge is 2.15. The molecule has 0 aliphatic carbocycles. The van der Waals surface area contributed by atoms with Gasteiger partial charge in [0, 0.05) is 17.3 Å². The van der Waals surface area contributed by atoms with Crippen LogP contribution < -0.4 is 11.6 Å². The van der Waals surface area contributed by atoms with E-state index < -0.39 is 5.91 Å². The average molecular weight is 317 g/mol. The zero-order valence-electron chi connectivity index (χ0n) is 11.2. The van der Waals surface area contributed by atoms with Crippen molar-refractivity contribution in [3.63, 3.8) is 0 Å². The largest absolute Gasteiger partial charge is 0.364 e. The van der Waals surface area contributed by atoms with Gasteiger partial charge in [0.1, 0.15) is 0 Å². The smallest absolute Gasteiger partial charge is 0.269 e. The lowest BCUT2D eigenvalue weighted by atomic mass is 10.2. The predicted octanol–water partition coefficient (Wildman–Crippen LogP) is 1.35. The second kappa shape index (κ2) is 6.12. The molecule has 0 saturated carbocycles. The highest BCUT2D eigenvalue weighted by molar-refractivity contribution is 7.94. The fourth-order valence-corrected chi connectivity index (χ4v) is 2.41. The molecule has 0 atom stereocenters. The summed E-state index contributed by atoms with van der Waals surface area (Å²) in [5.74, 6) is 4.18. The summed E-state index contributed by atoms with van der Waals surface area (Å²) in [4.78, 5) is 20.3. The van der Waals surface area contributed by atoms with Crippen molar-refractivity contribution in [3.05, 3.63) is 48.4 Å². The summed E-state index contributed by atoms with van der Waals surface area (Å²) in [6.45, 7) is 0. The monoisotopic (exact) mass is 317 g/mol. The molecule has 2 aromatic heterocycles. The van der Waals surface area contributed by atoms with Crippen LogP contribution in [-0.4, -0.2) is 20.7 Å². The molecule has 1 aromatic carbocycles. The zero-order chi connectivity index (χ0) is 15.5. The maximum Gasteiger partial charge on any atom is 0.269 e. The zero-order valence-corrected chi connectivity index (χ0v) is 12.0. The Hall–Kier alpha value is -2.46. The van der Waals surface area contributed by atoms with Crippen molar-refractivity contribution >= 4 is 28.9 Å². The van der Waals surface area contributed by atoms with Gasteiger partial charge >= 0.3 is 0 Å². The minimum absolute atomic E-state index is 0.182. The van der Waals surface area contributed by atoms with Gasteiger partial charge < -0.3 is 5.73 Å². The van der Waals surface area contributed by atoms with Gasteiger partial charge in [-0.2, -0.15) is 11.0 Å². The van der Waals surface area contributed by atoms with Crippen LogP contribution in [0.2, 0.25) is 0 Å². The Morgan fingerprint density at radius 3 is 2.68 bits per heavy atom. The Morgan fingerprint density at radius 1 is 1.23 bits per heavy atom. The quantitative estimate of drug-likeness (QED) is 0.414.